The Morgan fingerprint density at radius 3 is 2.62 bits per heavy atom. The van der Waals surface area contributed by atoms with E-state index in [0.29, 0.717) is 11.6 Å². The van der Waals surface area contributed by atoms with Crippen molar-refractivity contribution in [2.24, 2.45) is 0 Å². The highest BCUT2D eigenvalue weighted by atomic mass is 35.5. The fraction of sp³-hybridized carbons (Fsp3) is 0.632. The first-order valence-corrected chi connectivity index (χ1v) is 9.56. The molecule has 2 heterocycles. The van der Waals surface area contributed by atoms with Gasteiger partial charge in [-0.05, 0) is 38.0 Å². The zero-order valence-electron chi connectivity index (χ0n) is 15.6. The minimum atomic E-state index is -0.0614. The van der Waals surface area contributed by atoms with Crippen LogP contribution in [0.15, 0.2) is 18.2 Å². The average Bonchev–Trinajstić information content (AvgIpc) is 2.65. The second-order valence-corrected chi connectivity index (χ2v) is 7.68. The van der Waals surface area contributed by atoms with Crippen LogP contribution >= 0.6 is 11.6 Å². The SMILES string of the molecule is COCc1cc(Cl)ccc1NC(=O)N1CCC(C)(N2CCOCC2)CC1. The van der Waals surface area contributed by atoms with Crippen molar-refractivity contribution in [1.29, 1.82) is 0 Å². The Bertz CT molecular complexity index is 626. The van der Waals surface area contributed by atoms with Crippen molar-refractivity contribution >= 4 is 23.3 Å². The largest absolute Gasteiger partial charge is 0.380 e. The molecule has 0 atom stereocenters. The quantitative estimate of drug-likeness (QED) is 0.870. The van der Waals surface area contributed by atoms with Gasteiger partial charge < -0.3 is 19.7 Å². The minimum Gasteiger partial charge on any atom is -0.380 e. The van der Waals surface area contributed by atoms with Crippen LogP contribution in [0.2, 0.25) is 5.02 Å². The number of hydrogen-bond acceptors (Lipinski definition) is 4. The van der Waals surface area contributed by atoms with Gasteiger partial charge in [0.2, 0.25) is 0 Å². The zero-order valence-corrected chi connectivity index (χ0v) is 16.3. The summed E-state index contributed by atoms with van der Waals surface area (Å²) < 4.78 is 10.7. The summed E-state index contributed by atoms with van der Waals surface area (Å²) in [5, 5.41) is 3.65. The molecule has 1 N–H and O–H groups in total. The van der Waals surface area contributed by atoms with Crippen molar-refractivity contribution in [2.45, 2.75) is 31.9 Å². The molecule has 2 aliphatic rings. The summed E-state index contributed by atoms with van der Waals surface area (Å²) in [7, 11) is 1.63. The molecule has 3 rings (SSSR count). The molecule has 0 aromatic heterocycles. The van der Waals surface area contributed by atoms with Gasteiger partial charge in [-0.2, -0.15) is 0 Å². The van der Waals surface area contributed by atoms with Crippen molar-refractivity contribution in [1.82, 2.24) is 9.80 Å². The number of nitrogens with zero attached hydrogens (tertiary/aromatic N) is 2. The number of methoxy groups -OCH3 is 1. The molecule has 0 saturated carbocycles. The highest BCUT2D eigenvalue weighted by Gasteiger charge is 2.37. The zero-order chi connectivity index (χ0) is 18.6. The van der Waals surface area contributed by atoms with Crippen molar-refractivity contribution in [2.75, 3.05) is 51.8 Å². The van der Waals surface area contributed by atoms with Crippen LogP contribution in [-0.2, 0) is 16.1 Å². The molecular weight excluding hydrogens is 354 g/mol. The smallest absolute Gasteiger partial charge is 0.321 e. The molecule has 0 bridgehead atoms. The van der Waals surface area contributed by atoms with E-state index in [2.05, 4.69) is 17.1 Å². The molecule has 2 saturated heterocycles. The Labute approximate surface area is 160 Å². The van der Waals surface area contributed by atoms with Gasteiger partial charge in [0.25, 0.3) is 0 Å². The molecule has 0 spiro atoms. The number of carbonyl (C=O) groups is 1. The Morgan fingerprint density at radius 1 is 1.27 bits per heavy atom. The van der Waals surface area contributed by atoms with Gasteiger partial charge in [0, 0.05) is 55.1 Å². The molecule has 2 aliphatic heterocycles. The summed E-state index contributed by atoms with van der Waals surface area (Å²) in [5.41, 5.74) is 1.79. The number of urea groups is 1. The maximum absolute atomic E-state index is 12.7. The number of ether oxygens (including phenoxy) is 2. The Kier molecular flexibility index (Phi) is 6.40. The molecule has 1 aromatic rings. The molecule has 7 heteroatoms. The Hall–Kier alpha value is -1.34. The molecule has 26 heavy (non-hydrogen) atoms. The van der Waals surface area contributed by atoms with Crippen LogP contribution in [0.3, 0.4) is 0 Å². The molecule has 6 nitrogen and oxygen atoms in total. The molecule has 0 radical (unpaired) electrons. The summed E-state index contributed by atoms with van der Waals surface area (Å²) in [4.78, 5) is 17.1. The van der Waals surface area contributed by atoms with Crippen LogP contribution in [0.25, 0.3) is 0 Å². The number of morpholine rings is 1. The molecule has 0 unspecified atom stereocenters. The van der Waals surface area contributed by atoms with Gasteiger partial charge in [-0.25, -0.2) is 4.79 Å². The number of benzene rings is 1. The standard InChI is InChI=1S/C19H28ClN3O3/c1-19(23-9-11-26-12-10-23)5-7-22(8-6-19)18(24)21-17-4-3-16(20)13-15(17)14-25-2/h3-4,13H,5-12,14H2,1-2H3,(H,21,24). The summed E-state index contributed by atoms with van der Waals surface area (Å²) >= 11 is 6.05. The van der Waals surface area contributed by atoms with E-state index in [1.807, 2.05) is 17.0 Å². The fourth-order valence-corrected chi connectivity index (χ4v) is 3.96. The number of halogens is 1. The van der Waals surface area contributed by atoms with E-state index in [1.54, 1.807) is 13.2 Å². The van der Waals surface area contributed by atoms with Crippen LogP contribution in [0.5, 0.6) is 0 Å². The second-order valence-electron chi connectivity index (χ2n) is 7.25. The first-order chi connectivity index (χ1) is 12.5. The van der Waals surface area contributed by atoms with Gasteiger partial charge in [0.15, 0.2) is 0 Å². The number of likely N-dealkylation sites (tertiary alicyclic amines) is 1. The molecular formula is C19H28ClN3O3. The van der Waals surface area contributed by atoms with Crippen molar-refractivity contribution in [3.8, 4) is 0 Å². The van der Waals surface area contributed by atoms with Crippen molar-refractivity contribution in [3.63, 3.8) is 0 Å². The van der Waals surface area contributed by atoms with Gasteiger partial charge in [0.1, 0.15) is 0 Å². The van der Waals surface area contributed by atoms with E-state index in [-0.39, 0.29) is 11.6 Å². The van der Waals surface area contributed by atoms with E-state index in [0.717, 1.165) is 63.5 Å². The van der Waals surface area contributed by atoms with E-state index >= 15 is 0 Å². The van der Waals surface area contributed by atoms with Gasteiger partial charge in [-0.15, -0.1) is 0 Å². The van der Waals surface area contributed by atoms with E-state index in [9.17, 15) is 4.79 Å². The topological polar surface area (TPSA) is 54.0 Å². The average molecular weight is 382 g/mol. The van der Waals surface area contributed by atoms with Crippen LogP contribution in [0, 0.1) is 0 Å². The lowest BCUT2D eigenvalue weighted by atomic mass is 9.87. The van der Waals surface area contributed by atoms with Gasteiger partial charge in [0.05, 0.1) is 19.8 Å². The number of hydrogen-bond donors (Lipinski definition) is 1. The second kappa shape index (κ2) is 8.57. The summed E-state index contributed by atoms with van der Waals surface area (Å²) in [6.07, 6.45) is 1.96. The summed E-state index contributed by atoms with van der Waals surface area (Å²) in [5.74, 6) is 0. The fourth-order valence-electron chi connectivity index (χ4n) is 3.76. The van der Waals surface area contributed by atoms with Crippen LogP contribution < -0.4 is 5.32 Å². The number of piperidine rings is 1. The van der Waals surface area contributed by atoms with Crippen molar-refractivity contribution in [3.05, 3.63) is 28.8 Å². The van der Waals surface area contributed by atoms with Crippen LogP contribution in [-0.4, -0.2) is 67.9 Å². The molecule has 1 aromatic carbocycles. The first-order valence-electron chi connectivity index (χ1n) is 9.18. The lowest BCUT2D eigenvalue weighted by Gasteiger charge is -2.48. The Morgan fingerprint density at radius 2 is 1.96 bits per heavy atom. The maximum Gasteiger partial charge on any atom is 0.321 e. The minimum absolute atomic E-state index is 0.0614. The molecule has 0 aliphatic carbocycles. The predicted octanol–water partition coefficient (Wildman–Crippen LogP) is 3.21. The van der Waals surface area contributed by atoms with Crippen LogP contribution in [0.1, 0.15) is 25.3 Å². The number of amides is 2. The van der Waals surface area contributed by atoms with Crippen LogP contribution in [0.4, 0.5) is 10.5 Å². The third kappa shape index (κ3) is 4.49. The number of carbonyl (C=O) groups excluding carboxylic acids is 1. The van der Waals surface area contributed by atoms with Crippen molar-refractivity contribution < 1.29 is 14.3 Å². The molecule has 2 fully saturated rings. The highest BCUT2D eigenvalue weighted by Crippen LogP contribution is 2.30. The third-order valence-electron chi connectivity index (χ3n) is 5.51. The molecule has 2 amide bonds. The lowest BCUT2D eigenvalue weighted by Crippen LogP contribution is -2.57. The predicted molar refractivity (Wildman–Crippen MR) is 103 cm³/mol. The Balaban J connectivity index is 1.59. The van der Waals surface area contributed by atoms with E-state index in [1.165, 1.54) is 0 Å². The third-order valence-corrected chi connectivity index (χ3v) is 5.75. The number of nitrogens with one attached hydrogen (secondary N) is 1. The highest BCUT2D eigenvalue weighted by molar-refractivity contribution is 6.30. The monoisotopic (exact) mass is 381 g/mol. The normalized spacial score (nSPS) is 20.8. The van der Waals surface area contributed by atoms with Gasteiger partial charge in [-0.1, -0.05) is 11.6 Å². The summed E-state index contributed by atoms with van der Waals surface area (Å²) in [6.45, 7) is 7.80. The van der Waals surface area contributed by atoms with E-state index in [4.69, 9.17) is 21.1 Å². The first kappa shape index (κ1) is 19.4. The van der Waals surface area contributed by atoms with E-state index < -0.39 is 0 Å². The lowest BCUT2D eigenvalue weighted by molar-refractivity contribution is -0.0352. The van der Waals surface area contributed by atoms with Gasteiger partial charge >= 0.3 is 6.03 Å². The number of rotatable bonds is 4. The number of anilines is 1. The molecule has 144 valence electrons. The summed E-state index contributed by atoms with van der Waals surface area (Å²) in [6, 6.07) is 5.37. The maximum atomic E-state index is 12.7. The van der Waals surface area contributed by atoms with Gasteiger partial charge in [-0.3, -0.25) is 4.90 Å².